The van der Waals surface area contributed by atoms with Crippen molar-refractivity contribution in [3.8, 4) is 11.8 Å². The Morgan fingerprint density at radius 3 is 2.75 bits per heavy atom. The second kappa shape index (κ2) is 4.89. The zero-order valence-corrected chi connectivity index (χ0v) is 10.1. The van der Waals surface area contributed by atoms with Gasteiger partial charge in [0.2, 0.25) is 0 Å². The van der Waals surface area contributed by atoms with Gasteiger partial charge in [0.15, 0.2) is 0 Å². The lowest BCUT2D eigenvalue weighted by Gasteiger charge is -2.16. The maximum Gasteiger partial charge on any atom is 0.142 e. The number of benzene rings is 1. The molecule has 1 rings (SSSR count). The summed E-state index contributed by atoms with van der Waals surface area (Å²) in [5.41, 5.74) is 7.22. The van der Waals surface area contributed by atoms with Gasteiger partial charge in [0.1, 0.15) is 5.75 Å². The molecule has 86 valence electrons. The van der Waals surface area contributed by atoms with Gasteiger partial charge in [-0.15, -0.1) is 0 Å². The van der Waals surface area contributed by atoms with Crippen molar-refractivity contribution in [1.82, 2.24) is 0 Å². The molecule has 1 aromatic carbocycles. The number of anilines is 1. The number of aryl methyl sites for hydroxylation is 1. The van der Waals surface area contributed by atoms with Gasteiger partial charge in [0.05, 0.1) is 23.8 Å². The first-order chi connectivity index (χ1) is 7.46. The van der Waals surface area contributed by atoms with Crippen molar-refractivity contribution in [1.29, 1.82) is 5.26 Å². The first-order valence-electron chi connectivity index (χ1n) is 5.35. The number of nitrogens with two attached hydrogens (primary N) is 1. The molecule has 3 heteroatoms. The predicted molar refractivity (Wildman–Crippen MR) is 65.1 cm³/mol. The standard InChI is InChI=1S/C13H18N2O/c1-10-5-4-6-11(12(10)15)16-8-7-13(2,3)9-14/h4-6H,7-8,15H2,1-3H3. The van der Waals surface area contributed by atoms with Crippen LogP contribution in [0.3, 0.4) is 0 Å². The fraction of sp³-hybridized carbons (Fsp3) is 0.462. The van der Waals surface area contributed by atoms with Crippen molar-refractivity contribution >= 4 is 5.69 Å². The van der Waals surface area contributed by atoms with Crippen LogP contribution in [0, 0.1) is 23.7 Å². The molecule has 1 aromatic rings. The lowest BCUT2D eigenvalue weighted by Crippen LogP contribution is -2.13. The molecule has 0 atom stereocenters. The predicted octanol–water partition coefficient (Wildman–Crippen LogP) is 2.90. The van der Waals surface area contributed by atoms with E-state index in [2.05, 4.69) is 6.07 Å². The maximum atomic E-state index is 8.86. The fourth-order valence-electron chi connectivity index (χ4n) is 1.25. The van der Waals surface area contributed by atoms with E-state index in [4.69, 9.17) is 15.7 Å². The molecule has 3 nitrogen and oxygen atoms in total. The van der Waals surface area contributed by atoms with E-state index in [0.29, 0.717) is 24.5 Å². The van der Waals surface area contributed by atoms with Crippen molar-refractivity contribution in [2.24, 2.45) is 5.41 Å². The summed E-state index contributed by atoms with van der Waals surface area (Å²) in [6, 6.07) is 7.95. The van der Waals surface area contributed by atoms with Crippen molar-refractivity contribution in [3.63, 3.8) is 0 Å². The Morgan fingerprint density at radius 2 is 2.12 bits per heavy atom. The number of nitrogens with zero attached hydrogens (tertiary/aromatic N) is 1. The summed E-state index contributed by atoms with van der Waals surface area (Å²) in [5, 5.41) is 8.86. The molecule has 0 radical (unpaired) electrons. The third kappa shape index (κ3) is 3.16. The summed E-state index contributed by atoms with van der Waals surface area (Å²) in [7, 11) is 0. The Kier molecular flexibility index (Phi) is 3.78. The molecule has 0 amide bonds. The van der Waals surface area contributed by atoms with Gasteiger partial charge in [-0.05, 0) is 38.8 Å². The van der Waals surface area contributed by atoms with E-state index in [9.17, 15) is 0 Å². The molecule has 0 aliphatic carbocycles. The molecule has 0 saturated heterocycles. The van der Waals surface area contributed by atoms with Crippen molar-refractivity contribution in [3.05, 3.63) is 23.8 Å². The average molecular weight is 218 g/mol. The van der Waals surface area contributed by atoms with Crippen LogP contribution in [-0.2, 0) is 0 Å². The minimum absolute atomic E-state index is 0.349. The van der Waals surface area contributed by atoms with Gasteiger partial charge in [0, 0.05) is 0 Å². The maximum absolute atomic E-state index is 8.86. The summed E-state index contributed by atoms with van der Waals surface area (Å²) >= 11 is 0. The highest BCUT2D eigenvalue weighted by Gasteiger charge is 2.16. The number of nitrogen functional groups attached to an aromatic ring is 1. The molecule has 0 heterocycles. The quantitative estimate of drug-likeness (QED) is 0.790. The second-order valence-corrected chi connectivity index (χ2v) is 4.58. The number of hydrogen-bond donors (Lipinski definition) is 1. The molecule has 0 spiro atoms. The lowest BCUT2D eigenvalue weighted by atomic mass is 9.92. The van der Waals surface area contributed by atoms with Gasteiger partial charge in [-0.1, -0.05) is 12.1 Å². The Morgan fingerprint density at radius 1 is 1.44 bits per heavy atom. The van der Waals surface area contributed by atoms with Gasteiger partial charge in [0.25, 0.3) is 0 Å². The lowest BCUT2D eigenvalue weighted by molar-refractivity contribution is 0.265. The second-order valence-electron chi connectivity index (χ2n) is 4.58. The Labute approximate surface area is 96.8 Å². The van der Waals surface area contributed by atoms with Crippen molar-refractivity contribution in [2.45, 2.75) is 27.2 Å². The number of para-hydroxylation sites is 1. The van der Waals surface area contributed by atoms with E-state index in [1.807, 2.05) is 39.0 Å². The van der Waals surface area contributed by atoms with Gasteiger partial charge in [-0.2, -0.15) is 5.26 Å². The highest BCUT2D eigenvalue weighted by atomic mass is 16.5. The molecular formula is C13H18N2O. The van der Waals surface area contributed by atoms with Crippen LogP contribution >= 0.6 is 0 Å². The van der Waals surface area contributed by atoms with E-state index in [0.717, 1.165) is 5.56 Å². The molecule has 0 unspecified atom stereocenters. The molecule has 0 saturated carbocycles. The van der Waals surface area contributed by atoms with Crippen LogP contribution in [0.5, 0.6) is 5.75 Å². The minimum atomic E-state index is -0.349. The molecule has 0 aromatic heterocycles. The molecule has 0 aliphatic heterocycles. The van der Waals surface area contributed by atoms with Gasteiger partial charge in [-0.3, -0.25) is 0 Å². The monoisotopic (exact) mass is 218 g/mol. The van der Waals surface area contributed by atoms with Crippen molar-refractivity contribution < 1.29 is 4.74 Å². The zero-order valence-electron chi connectivity index (χ0n) is 10.1. The highest BCUT2D eigenvalue weighted by Crippen LogP contribution is 2.26. The number of rotatable bonds is 4. The number of ether oxygens (including phenoxy) is 1. The smallest absolute Gasteiger partial charge is 0.142 e. The van der Waals surface area contributed by atoms with Crippen LogP contribution in [-0.4, -0.2) is 6.61 Å². The van der Waals surface area contributed by atoms with Crippen LogP contribution in [0.1, 0.15) is 25.8 Å². The summed E-state index contributed by atoms with van der Waals surface area (Å²) in [6.07, 6.45) is 0.691. The van der Waals surface area contributed by atoms with Gasteiger partial charge in [-0.25, -0.2) is 0 Å². The Balaban J connectivity index is 2.57. The van der Waals surface area contributed by atoms with Gasteiger partial charge < -0.3 is 10.5 Å². The topological polar surface area (TPSA) is 59.0 Å². The van der Waals surface area contributed by atoms with E-state index in [1.54, 1.807) is 0 Å². The molecular weight excluding hydrogens is 200 g/mol. The first kappa shape index (κ1) is 12.4. The summed E-state index contributed by atoms with van der Waals surface area (Å²) in [6.45, 7) is 6.25. The molecule has 0 fully saturated rings. The van der Waals surface area contributed by atoms with Gasteiger partial charge >= 0.3 is 0 Å². The van der Waals surface area contributed by atoms with E-state index in [1.165, 1.54) is 0 Å². The normalized spacial score (nSPS) is 10.9. The summed E-state index contributed by atoms with van der Waals surface area (Å²) in [4.78, 5) is 0. The van der Waals surface area contributed by atoms with Crippen LogP contribution in [0.4, 0.5) is 5.69 Å². The van der Waals surface area contributed by atoms with Crippen LogP contribution in [0.15, 0.2) is 18.2 Å². The fourth-order valence-corrected chi connectivity index (χ4v) is 1.25. The van der Waals surface area contributed by atoms with Crippen LogP contribution in [0.2, 0.25) is 0 Å². The number of nitriles is 1. The van der Waals surface area contributed by atoms with Crippen molar-refractivity contribution in [2.75, 3.05) is 12.3 Å². The molecule has 0 aliphatic rings. The zero-order chi connectivity index (χ0) is 12.2. The van der Waals surface area contributed by atoms with E-state index < -0.39 is 0 Å². The molecule has 2 N–H and O–H groups in total. The third-order valence-electron chi connectivity index (χ3n) is 2.57. The van der Waals surface area contributed by atoms with Crippen LogP contribution < -0.4 is 10.5 Å². The summed E-state index contributed by atoms with van der Waals surface area (Å²) in [5.74, 6) is 0.703. The molecule has 16 heavy (non-hydrogen) atoms. The minimum Gasteiger partial charge on any atom is -0.491 e. The number of hydrogen-bond acceptors (Lipinski definition) is 3. The average Bonchev–Trinajstić information content (AvgIpc) is 2.24. The third-order valence-corrected chi connectivity index (χ3v) is 2.57. The Bertz CT molecular complexity index is 405. The SMILES string of the molecule is Cc1cccc(OCCC(C)(C)C#N)c1N. The first-order valence-corrected chi connectivity index (χ1v) is 5.35. The summed E-state index contributed by atoms with van der Waals surface area (Å²) < 4.78 is 5.58. The largest absolute Gasteiger partial charge is 0.491 e. The Hall–Kier alpha value is -1.69. The van der Waals surface area contributed by atoms with E-state index in [-0.39, 0.29) is 5.41 Å². The molecule has 0 bridgehead atoms. The van der Waals surface area contributed by atoms with E-state index >= 15 is 0 Å². The van der Waals surface area contributed by atoms with Crippen LogP contribution in [0.25, 0.3) is 0 Å². The highest BCUT2D eigenvalue weighted by molar-refractivity contribution is 5.57.